The summed E-state index contributed by atoms with van der Waals surface area (Å²) >= 11 is 0. The van der Waals surface area contributed by atoms with Crippen LogP contribution >= 0.6 is 0 Å². The van der Waals surface area contributed by atoms with Gasteiger partial charge in [0.2, 0.25) is 11.8 Å². The first kappa shape index (κ1) is 23.4. The van der Waals surface area contributed by atoms with Crippen molar-refractivity contribution in [3.8, 4) is 17.1 Å². The third kappa shape index (κ3) is 4.24. The predicted molar refractivity (Wildman–Crippen MR) is 127 cm³/mol. The van der Waals surface area contributed by atoms with Crippen LogP contribution in [0.2, 0.25) is 0 Å². The smallest absolute Gasteiger partial charge is 0.274 e. The summed E-state index contributed by atoms with van der Waals surface area (Å²) in [7, 11) is 1.46. The summed E-state index contributed by atoms with van der Waals surface area (Å²) < 4.78 is 24.7. The molecule has 1 spiro atoms. The summed E-state index contributed by atoms with van der Waals surface area (Å²) in [5.41, 5.74) is 0.572. The zero-order chi connectivity index (χ0) is 24.9. The van der Waals surface area contributed by atoms with Crippen LogP contribution in [0.4, 0.5) is 4.39 Å². The molecule has 0 aromatic carbocycles. The molecule has 1 unspecified atom stereocenters. The molecule has 1 saturated carbocycles. The Hall–Kier alpha value is -3.05. The van der Waals surface area contributed by atoms with Gasteiger partial charge in [0.25, 0.3) is 5.91 Å². The highest BCUT2D eigenvalue weighted by Gasteiger charge is 2.55. The Labute approximate surface area is 208 Å². The number of carbonyl (C=O) groups excluding carboxylic acids is 2. The lowest BCUT2D eigenvalue weighted by Crippen LogP contribution is -2.52. The van der Waals surface area contributed by atoms with Crippen molar-refractivity contribution in [2.75, 3.05) is 40.0 Å². The number of rotatable bonds is 6. The maximum Gasteiger partial charge on any atom is 0.274 e. The molecule has 4 aliphatic rings. The van der Waals surface area contributed by atoms with Gasteiger partial charge in [0.1, 0.15) is 0 Å². The van der Waals surface area contributed by atoms with Crippen LogP contribution < -0.4 is 10.1 Å². The Bertz CT molecular complexity index is 1160. The highest BCUT2D eigenvalue weighted by Crippen LogP contribution is 2.50. The van der Waals surface area contributed by atoms with Crippen molar-refractivity contribution in [1.29, 1.82) is 0 Å². The lowest BCUT2D eigenvalue weighted by molar-refractivity contribution is -0.128. The number of nitrogens with one attached hydrogen (secondary N) is 2. The normalized spacial score (nSPS) is 25.6. The number of amides is 2. The number of H-pyrrole nitrogens is 1. The molecule has 0 radical (unpaired) electrons. The van der Waals surface area contributed by atoms with Crippen LogP contribution in [0.3, 0.4) is 0 Å². The minimum Gasteiger partial charge on any atom is -0.481 e. The number of methoxy groups -OCH3 is 1. The van der Waals surface area contributed by atoms with Gasteiger partial charge in [0.15, 0.2) is 11.5 Å². The van der Waals surface area contributed by atoms with E-state index in [1.54, 1.807) is 6.07 Å². The van der Waals surface area contributed by atoms with Gasteiger partial charge in [-0.3, -0.25) is 19.6 Å². The van der Waals surface area contributed by atoms with Crippen LogP contribution in [-0.4, -0.2) is 94.4 Å². The summed E-state index contributed by atoms with van der Waals surface area (Å²) in [6, 6.07) is 3.71. The third-order valence-corrected chi connectivity index (χ3v) is 8.17. The van der Waals surface area contributed by atoms with Crippen molar-refractivity contribution in [2.45, 2.75) is 49.7 Å². The average Bonchev–Trinajstić information content (AvgIpc) is 3.22. The largest absolute Gasteiger partial charge is 0.481 e. The molecule has 0 bridgehead atoms. The molecular formula is C25H31FN6O4. The number of hydrogen-bond acceptors (Lipinski definition) is 7. The van der Waals surface area contributed by atoms with Gasteiger partial charge in [-0.05, 0) is 38.2 Å². The molecule has 2 N–H and O–H groups in total. The van der Waals surface area contributed by atoms with E-state index in [1.807, 2.05) is 4.90 Å². The number of aromatic nitrogens is 3. The molecule has 36 heavy (non-hydrogen) atoms. The third-order valence-electron chi connectivity index (χ3n) is 8.17. The van der Waals surface area contributed by atoms with Gasteiger partial charge in [-0.15, -0.1) is 0 Å². The second kappa shape index (κ2) is 9.11. The molecule has 3 aliphatic heterocycles. The number of likely N-dealkylation sites (tertiary alicyclic amines) is 2. The van der Waals surface area contributed by atoms with E-state index in [2.05, 4.69) is 25.4 Å². The molecule has 2 aromatic rings. The predicted octanol–water partition coefficient (Wildman–Crippen LogP) is 1.59. The highest BCUT2D eigenvalue weighted by atomic mass is 19.1. The van der Waals surface area contributed by atoms with E-state index in [0.717, 1.165) is 51.8 Å². The Balaban J connectivity index is 1.09. The molecular weight excluding hydrogens is 467 g/mol. The van der Waals surface area contributed by atoms with Gasteiger partial charge in [0, 0.05) is 48.8 Å². The minimum absolute atomic E-state index is 0.0919. The monoisotopic (exact) mass is 498 g/mol. The SMILES string of the molecule is COc1cc(-c2cc(C(=O)N3CCC(C(=O)N[C@H]4CCN(C5COC5)C4)CC34CC4)n[nH]2)c(F)cn1. The van der Waals surface area contributed by atoms with Gasteiger partial charge < -0.3 is 19.7 Å². The summed E-state index contributed by atoms with van der Waals surface area (Å²) in [5.74, 6) is -0.437. The van der Waals surface area contributed by atoms with Crippen LogP contribution in [0, 0.1) is 11.7 Å². The van der Waals surface area contributed by atoms with Gasteiger partial charge >= 0.3 is 0 Å². The minimum atomic E-state index is -0.532. The summed E-state index contributed by atoms with van der Waals surface area (Å²) in [5, 5.41) is 10.2. The van der Waals surface area contributed by atoms with Crippen LogP contribution in [0.1, 0.15) is 42.6 Å². The molecule has 192 valence electrons. The first-order valence-corrected chi connectivity index (χ1v) is 12.7. The molecule has 1 aliphatic carbocycles. The highest BCUT2D eigenvalue weighted by molar-refractivity contribution is 5.94. The number of piperidine rings is 1. The van der Waals surface area contributed by atoms with Crippen LogP contribution in [0.5, 0.6) is 5.88 Å². The Morgan fingerprint density at radius 2 is 2.08 bits per heavy atom. The Morgan fingerprint density at radius 3 is 2.81 bits per heavy atom. The van der Waals surface area contributed by atoms with Crippen molar-refractivity contribution < 1.29 is 23.5 Å². The van der Waals surface area contributed by atoms with Crippen molar-refractivity contribution >= 4 is 11.8 Å². The fourth-order valence-electron chi connectivity index (χ4n) is 5.79. The standard InChI is InChI=1S/C25H31FN6O4/c1-35-22-8-18(19(26)11-27-22)20-9-21(30-29-20)24(34)32-7-2-15(10-25(32)4-5-25)23(33)28-16-3-6-31(12-16)17-13-36-14-17/h8-9,11,15-17H,2-7,10,12-14H2,1H3,(H,28,33)(H,29,30)/t15?,16-/m0/s1. The lowest BCUT2D eigenvalue weighted by Gasteiger charge is -2.39. The number of ether oxygens (including phenoxy) is 2. The Morgan fingerprint density at radius 1 is 1.25 bits per heavy atom. The number of pyridine rings is 1. The number of halogens is 1. The van der Waals surface area contributed by atoms with E-state index in [4.69, 9.17) is 9.47 Å². The molecule has 2 amide bonds. The molecule has 2 atom stereocenters. The molecule has 11 heteroatoms. The van der Waals surface area contributed by atoms with Crippen molar-refractivity contribution in [3.63, 3.8) is 0 Å². The lowest BCUT2D eigenvalue weighted by atomic mass is 9.87. The fraction of sp³-hybridized carbons (Fsp3) is 0.600. The second-order valence-corrected chi connectivity index (χ2v) is 10.4. The van der Waals surface area contributed by atoms with Gasteiger partial charge in [0.05, 0.1) is 38.3 Å². The fourth-order valence-corrected chi connectivity index (χ4v) is 5.79. The summed E-state index contributed by atoms with van der Waals surface area (Å²) in [4.78, 5) is 34.6. The van der Waals surface area contributed by atoms with Crippen LogP contribution in [0.15, 0.2) is 18.3 Å². The number of nitrogens with zero attached hydrogens (tertiary/aromatic N) is 4. The number of carbonyl (C=O) groups is 2. The maximum absolute atomic E-state index is 14.3. The summed E-state index contributed by atoms with van der Waals surface area (Å²) in [6.07, 6.45) is 5.11. The molecule has 5 heterocycles. The average molecular weight is 499 g/mol. The van der Waals surface area contributed by atoms with Crippen LogP contribution in [-0.2, 0) is 9.53 Å². The molecule has 2 aromatic heterocycles. The van der Waals surface area contributed by atoms with E-state index in [9.17, 15) is 14.0 Å². The van der Waals surface area contributed by atoms with Crippen molar-refractivity contribution in [2.24, 2.45) is 5.92 Å². The van der Waals surface area contributed by atoms with Crippen LogP contribution in [0.25, 0.3) is 11.3 Å². The molecule has 4 fully saturated rings. The van der Waals surface area contributed by atoms with Gasteiger partial charge in [-0.1, -0.05) is 0 Å². The zero-order valence-corrected chi connectivity index (χ0v) is 20.3. The summed E-state index contributed by atoms with van der Waals surface area (Å²) in [6.45, 7) is 3.97. The van der Waals surface area contributed by atoms with Crippen molar-refractivity contribution in [3.05, 3.63) is 29.8 Å². The maximum atomic E-state index is 14.3. The quantitative estimate of drug-likeness (QED) is 0.622. The van der Waals surface area contributed by atoms with Gasteiger partial charge in [-0.2, -0.15) is 5.10 Å². The number of aromatic amines is 1. The van der Waals surface area contributed by atoms with E-state index in [-0.39, 0.29) is 46.5 Å². The van der Waals surface area contributed by atoms with E-state index >= 15 is 0 Å². The molecule has 3 saturated heterocycles. The Kier molecular flexibility index (Phi) is 5.91. The van der Waals surface area contributed by atoms with E-state index < -0.39 is 5.82 Å². The second-order valence-electron chi connectivity index (χ2n) is 10.4. The van der Waals surface area contributed by atoms with Gasteiger partial charge in [-0.25, -0.2) is 9.37 Å². The molecule has 6 rings (SSSR count). The van der Waals surface area contributed by atoms with E-state index in [1.165, 1.54) is 13.2 Å². The van der Waals surface area contributed by atoms with E-state index in [0.29, 0.717) is 31.1 Å². The first-order valence-electron chi connectivity index (χ1n) is 12.7. The topological polar surface area (TPSA) is 113 Å². The first-order chi connectivity index (χ1) is 17.5. The molecule has 10 nitrogen and oxygen atoms in total. The number of hydrogen-bond donors (Lipinski definition) is 2. The zero-order valence-electron chi connectivity index (χ0n) is 20.3. The van der Waals surface area contributed by atoms with Crippen molar-refractivity contribution in [1.82, 2.24) is 30.3 Å².